The van der Waals surface area contributed by atoms with Crippen LogP contribution in [0, 0.1) is 0 Å². The van der Waals surface area contributed by atoms with Gasteiger partial charge in [-0.15, -0.1) is 0 Å². The molecule has 0 amide bonds. The Morgan fingerprint density at radius 3 is 2.72 bits per heavy atom. The predicted octanol–water partition coefficient (Wildman–Crippen LogP) is 2.95. The zero-order chi connectivity index (χ0) is 20.6. The van der Waals surface area contributed by atoms with Crippen LogP contribution >= 0.6 is 11.8 Å². The van der Waals surface area contributed by atoms with Crippen molar-refractivity contribution >= 4 is 32.7 Å². The van der Waals surface area contributed by atoms with Crippen LogP contribution in [-0.4, -0.2) is 54.0 Å². The Labute approximate surface area is 175 Å². The summed E-state index contributed by atoms with van der Waals surface area (Å²) in [6.07, 6.45) is 4.83. The molecule has 29 heavy (non-hydrogen) atoms. The molecular formula is C20H25N5O2S2. The highest BCUT2D eigenvalue weighted by Crippen LogP contribution is 2.48. The van der Waals surface area contributed by atoms with Crippen molar-refractivity contribution in [1.29, 1.82) is 0 Å². The fourth-order valence-corrected chi connectivity index (χ4v) is 5.24. The van der Waals surface area contributed by atoms with E-state index in [1.54, 1.807) is 18.0 Å². The Bertz CT molecular complexity index is 1150. The van der Waals surface area contributed by atoms with Gasteiger partial charge in [0.05, 0.1) is 18.3 Å². The summed E-state index contributed by atoms with van der Waals surface area (Å²) in [5.41, 5.74) is 4.00. The van der Waals surface area contributed by atoms with Crippen molar-refractivity contribution in [3.05, 3.63) is 36.2 Å². The highest BCUT2D eigenvalue weighted by Gasteiger charge is 2.26. The number of fused-ring (bicyclic) bond motifs is 2. The van der Waals surface area contributed by atoms with E-state index in [2.05, 4.69) is 39.2 Å². The van der Waals surface area contributed by atoms with Gasteiger partial charge in [0.15, 0.2) is 0 Å². The number of rotatable bonds is 8. The first-order chi connectivity index (χ1) is 13.9. The molecule has 2 aromatic heterocycles. The molecule has 0 aliphatic carbocycles. The van der Waals surface area contributed by atoms with Crippen LogP contribution in [-0.2, 0) is 23.1 Å². The van der Waals surface area contributed by atoms with Gasteiger partial charge in [-0.2, -0.15) is 5.10 Å². The monoisotopic (exact) mass is 431 g/mol. The molecule has 154 valence electrons. The number of sulfonamides is 1. The van der Waals surface area contributed by atoms with E-state index in [1.165, 1.54) is 6.26 Å². The van der Waals surface area contributed by atoms with Crippen molar-refractivity contribution in [3.8, 4) is 11.3 Å². The van der Waals surface area contributed by atoms with Crippen molar-refractivity contribution in [1.82, 2.24) is 24.4 Å². The second kappa shape index (κ2) is 8.06. The number of nitrogens with zero attached hydrogens (tertiary/aromatic N) is 4. The Morgan fingerprint density at radius 1 is 1.21 bits per heavy atom. The average molecular weight is 432 g/mol. The number of hydrogen-bond acceptors (Lipinski definition) is 6. The van der Waals surface area contributed by atoms with Crippen molar-refractivity contribution in [2.24, 2.45) is 0 Å². The van der Waals surface area contributed by atoms with Crippen LogP contribution in [0.25, 0.3) is 22.2 Å². The van der Waals surface area contributed by atoms with Crippen LogP contribution in [0.4, 0.5) is 0 Å². The molecule has 1 aliphatic rings. The van der Waals surface area contributed by atoms with Gasteiger partial charge in [-0.1, -0.05) is 31.7 Å². The van der Waals surface area contributed by atoms with Crippen LogP contribution in [0.2, 0.25) is 0 Å². The van der Waals surface area contributed by atoms with Crippen LogP contribution in [0.5, 0.6) is 0 Å². The number of likely N-dealkylation sites (N-methyl/N-ethyl adjacent to an activating group) is 1. The number of aromatic nitrogens is 3. The summed E-state index contributed by atoms with van der Waals surface area (Å²) in [7, 11) is -3.27. The van der Waals surface area contributed by atoms with Crippen molar-refractivity contribution in [3.63, 3.8) is 0 Å². The first-order valence-electron chi connectivity index (χ1n) is 9.73. The third-order valence-corrected chi connectivity index (χ3v) is 7.16. The summed E-state index contributed by atoms with van der Waals surface area (Å²) in [4.78, 5) is 8.84. The predicted molar refractivity (Wildman–Crippen MR) is 117 cm³/mol. The maximum atomic E-state index is 11.6. The van der Waals surface area contributed by atoms with Crippen LogP contribution in [0.3, 0.4) is 0 Å². The van der Waals surface area contributed by atoms with E-state index in [1.807, 2.05) is 18.3 Å². The summed E-state index contributed by atoms with van der Waals surface area (Å²) in [5, 5.41) is 6.04. The third kappa shape index (κ3) is 4.05. The fraction of sp³-hybridized carbons (Fsp3) is 0.400. The Morgan fingerprint density at radius 2 is 2.00 bits per heavy atom. The molecule has 0 fully saturated rings. The molecule has 0 saturated carbocycles. The van der Waals surface area contributed by atoms with Gasteiger partial charge >= 0.3 is 0 Å². The maximum Gasteiger partial charge on any atom is 0.209 e. The van der Waals surface area contributed by atoms with Gasteiger partial charge < -0.3 is 4.90 Å². The molecule has 1 N–H and O–H groups in total. The molecule has 0 bridgehead atoms. The zero-order valence-corrected chi connectivity index (χ0v) is 18.5. The second-order valence-corrected chi connectivity index (χ2v) is 10.00. The van der Waals surface area contributed by atoms with Gasteiger partial charge in [0.1, 0.15) is 5.69 Å². The lowest BCUT2D eigenvalue weighted by molar-refractivity contribution is 0.287. The summed E-state index contributed by atoms with van der Waals surface area (Å²) < 4.78 is 27.9. The molecule has 7 nitrogen and oxygen atoms in total. The van der Waals surface area contributed by atoms with Gasteiger partial charge in [-0.3, -0.25) is 9.67 Å². The molecule has 1 aromatic carbocycles. The Kier molecular flexibility index (Phi) is 5.65. The number of hydrogen-bond donors (Lipinski definition) is 1. The largest absolute Gasteiger partial charge is 0.302 e. The first kappa shape index (κ1) is 20.3. The molecule has 0 saturated heterocycles. The van der Waals surface area contributed by atoms with Crippen molar-refractivity contribution < 1.29 is 8.42 Å². The van der Waals surface area contributed by atoms with Gasteiger partial charge in [0.2, 0.25) is 10.0 Å². The van der Waals surface area contributed by atoms with Gasteiger partial charge in [0, 0.05) is 46.2 Å². The topological polar surface area (TPSA) is 80.1 Å². The molecule has 0 unspecified atom stereocenters. The van der Waals surface area contributed by atoms with E-state index >= 15 is 0 Å². The van der Waals surface area contributed by atoms with Crippen LogP contribution in [0.15, 0.2) is 40.4 Å². The second-order valence-electron chi connectivity index (χ2n) is 7.11. The maximum absolute atomic E-state index is 11.6. The molecule has 3 aromatic rings. The fourth-order valence-electron chi connectivity index (χ4n) is 3.64. The van der Waals surface area contributed by atoms with Gasteiger partial charge in [-0.05, 0) is 30.8 Å². The minimum atomic E-state index is -3.27. The van der Waals surface area contributed by atoms with E-state index in [0.717, 1.165) is 63.7 Å². The van der Waals surface area contributed by atoms with E-state index in [9.17, 15) is 8.42 Å². The van der Waals surface area contributed by atoms with Crippen molar-refractivity contribution in [2.45, 2.75) is 36.7 Å². The molecule has 9 heteroatoms. The van der Waals surface area contributed by atoms with Crippen LogP contribution < -0.4 is 4.72 Å². The lowest BCUT2D eigenvalue weighted by Gasteiger charge is -2.18. The Hall–Kier alpha value is -1.94. The summed E-state index contributed by atoms with van der Waals surface area (Å²) in [6, 6.07) is 6.05. The lowest BCUT2D eigenvalue weighted by atomic mass is 10.1. The Balaban J connectivity index is 1.81. The molecule has 0 spiro atoms. The molecule has 0 atom stereocenters. The van der Waals surface area contributed by atoms with Gasteiger partial charge in [0.25, 0.3) is 0 Å². The van der Waals surface area contributed by atoms with E-state index in [4.69, 9.17) is 5.10 Å². The normalized spacial score (nSPS) is 13.2. The molecule has 0 radical (unpaired) electrons. The highest BCUT2D eigenvalue weighted by molar-refractivity contribution is 7.99. The number of pyridine rings is 1. The molecule has 1 aliphatic heterocycles. The highest BCUT2D eigenvalue weighted by atomic mass is 32.2. The smallest absolute Gasteiger partial charge is 0.209 e. The zero-order valence-electron chi connectivity index (χ0n) is 16.8. The number of benzene rings is 1. The SMILES string of the molecule is CCN(CC)CCn1nc2c3c(c(CNS(C)(=O)=O)ccc31)Sc1ccncc1-2. The lowest BCUT2D eigenvalue weighted by Crippen LogP contribution is -2.27. The minimum absolute atomic E-state index is 0.265. The average Bonchev–Trinajstić information content (AvgIpc) is 3.07. The van der Waals surface area contributed by atoms with E-state index in [0.29, 0.717) is 0 Å². The third-order valence-electron chi connectivity index (χ3n) is 5.25. The minimum Gasteiger partial charge on any atom is -0.302 e. The summed E-state index contributed by atoms with van der Waals surface area (Å²) in [5.74, 6) is 0. The standard InChI is InChI=1S/C20H25N5O2S2/c1-4-24(5-2)10-11-25-16-7-6-14(12-22-29(3,26)27)20-18(16)19(23-25)15-13-21-9-8-17(15)28-20/h6-9,13,22H,4-5,10-12H2,1-3H3. The van der Waals surface area contributed by atoms with Crippen molar-refractivity contribution in [2.75, 3.05) is 25.9 Å². The molecular weight excluding hydrogens is 406 g/mol. The van der Waals surface area contributed by atoms with E-state index < -0.39 is 10.0 Å². The quantitative estimate of drug-likeness (QED) is 0.462. The summed E-state index contributed by atoms with van der Waals surface area (Å²) in [6.45, 7) is 8.36. The van der Waals surface area contributed by atoms with Crippen LogP contribution in [0.1, 0.15) is 19.4 Å². The first-order valence-corrected chi connectivity index (χ1v) is 12.4. The van der Waals surface area contributed by atoms with E-state index in [-0.39, 0.29) is 6.54 Å². The molecule has 3 heterocycles. The summed E-state index contributed by atoms with van der Waals surface area (Å²) >= 11 is 1.66. The number of nitrogens with one attached hydrogen (secondary N) is 1. The molecule has 4 rings (SSSR count). The van der Waals surface area contributed by atoms with Gasteiger partial charge in [-0.25, -0.2) is 13.1 Å².